The van der Waals surface area contributed by atoms with Crippen LogP contribution in [0.1, 0.15) is 5.56 Å². The molecular formula is C15H10ClN5. The highest BCUT2D eigenvalue weighted by Gasteiger charge is 2.11. The normalized spacial score (nSPS) is 10.3. The highest BCUT2D eigenvalue weighted by Crippen LogP contribution is 2.25. The third-order valence-corrected chi connectivity index (χ3v) is 3.38. The Hall–Kier alpha value is -2.84. The van der Waals surface area contributed by atoms with Gasteiger partial charge < -0.3 is 5.73 Å². The Bertz CT molecular complexity index is 847. The zero-order valence-electron chi connectivity index (χ0n) is 10.9. The summed E-state index contributed by atoms with van der Waals surface area (Å²) >= 11 is 6.16. The third kappa shape index (κ3) is 2.45. The quantitative estimate of drug-likeness (QED) is 0.737. The van der Waals surface area contributed by atoms with E-state index in [1.807, 2.05) is 30.3 Å². The van der Waals surface area contributed by atoms with Crippen LogP contribution in [0.3, 0.4) is 0 Å². The van der Waals surface area contributed by atoms with Crippen LogP contribution in [-0.4, -0.2) is 14.8 Å². The minimum absolute atomic E-state index is 0.280. The molecule has 2 N–H and O–H groups in total. The van der Waals surface area contributed by atoms with Crippen molar-refractivity contribution in [3.8, 4) is 23.0 Å². The molecule has 21 heavy (non-hydrogen) atoms. The minimum Gasteiger partial charge on any atom is -0.399 e. The molecule has 0 spiro atoms. The van der Waals surface area contributed by atoms with Crippen molar-refractivity contribution in [1.82, 2.24) is 14.8 Å². The number of benzene rings is 1. The Morgan fingerprint density at radius 2 is 2.10 bits per heavy atom. The van der Waals surface area contributed by atoms with E-state index in [2.05, 4.69) is 10.1 Å². The number of nitrogen functional groups attached to an aromatic ring is 1. The second-order valence-electron chi connectivity index (χ2n) is 4.41. The smallest absolute Gasteiger partial charge is 0.173 e. The summed E-state index contributed by atoms with van der Waals surface area (Å²) < 4.78 is 1.54. The van der Waals surface area contributed by atoms with Gasteiger partial charge in [0, 0.05) is 23.6 Å². The molecule has 0 atom stereocenters. The Morgan fingerprint density at radius 1 is 1.24 bits per heavy atom. The van der Waals surface area contributed by atoms with Crippen LogP contribution in [0.5, 0.6) is 0 Å². The molecule has 0 unspecified atom stereocenters. The van der Waals surface area contributed by atoms with E-state index in [1.54, 1.807) is 23.1 Å². The second-order valence-corrected chi connectivity index (χ2v) is 4.78. The minimum atomic E-state index is 0.280. The topological polar surface area (TPSA) is 80.5 Å². The number of nitrogens with zero attached hydrogens (tertiary/aromatic N) is 4. The molecule has 0 aliphatic carbocycles. The predicted octanol–water partition coefficient (Wildman–Crippen LogP) is 3.04. The molecule has 0 aliphatic heterocycles. The van der Waals surface area contributed by atoms with Crippen molar-refractivity contribution in [2.75, 3.05) is 5.73 Å². The lowest BCUT2D eigenvalue weighted by Crippen LogP contribution is -1.99. The summed E-state index contributed by atoms with van der Waals surface area (Å²) in [5, 5.41) is 13.5. The van der Waals surface area contributed by atoms with Gasteiger partial charge in [0.2, 0.25) is 0 Å². The number of nitriles is 1. The zero-order chi connectivity index (χ0) is 14.8. The molecule has 2 heterocycles. The lowest BCUT2D eigenvalue weighted by atomic mass is 10.1. The van der Waals surface area contributed by atoms with Crippen molar-refractivity contribution >= 4 is 17.3 Å². The Kier molecular flexibility index (Phi) is 3.30. The van der Waals surface area contributed by atoms with E-state index < -0.39 is 0 Å². The van der Waals surface area contributed by atoms with E-state index in [0.717, 1.165) is 11.1 Å². The van der Waals surface area contributed by atoms with Gasteiger partial charge in [-0.15, -0.1) is 0 Å². The maximum atomic E-state index is 9.00. The Morgan fingerprint density at radius 3 is 2.86 bits per heavy atom. The summed E-state index contributed by atoms with van der Waals surface area (Å²) in [5.41, 5.74) is 8.67. The van der Waals surface area contributed by atoms with Gasteiger partial charge in [0.05, 0.1) is 11.8 Å². The largest absolute Gasteiger partial charge is 0.399 e. The van der Waals surface area contributed by atoms with Gasteiger partial charge in [-0.25, -0.2) is 9.67 Å². The number of nitrogens with two attached hydrogens (primary N) is 1. The highest BCUT2D eigenvalue weighted by molar-refractivity contribution is 6.33. The van der Waals surface area contributed by atoms with Gasteiger partial charge >= 0.3 is 0 Å². The monoisotopic (exact) mass is 295 g/mol. The molecule has 5 nitrogen and oxygen atoms in total. The van der Waals surface area contributed by atoms with E-state index in [0.29, 0.717) is 17.1 Å². The number of rotatable bonds is 2. The molecular weight excluding hydrogens is 286 g/mol. The first-order valence-electron chi connectivity index (χ1n) is 6.14. The van der Waals surface area contributed by atoms with Crippen LogP contribution in [0.2, 0.25) is 5.02 Å². The lowest BCUT2D eigenvalue weighted by molar-refractivity contribution is 0.846. The number of aromatic nitrogens is 3. The highest BCUT2D eigenvalue weighted by atomic mass is 35.5. The van der Waals surface area contributed by atoms with Crippen molar-refractivity contribution in [2.24, 2.45) is 0 Å². The van der Waals surface area contributed by atoms with Gasteiger partial charge in [0.1, 0.15) is 11.1 Å². The molecule has 3 aromatic rings. The van der Waals surface area contributed by atoms with Crippen LogP contribution in [0.25, 0.3) is 16.9 Å². The van der Waals surface area contributed by atoms with Gasteiger partial charge in [-0.3, -0.25) is 0 Å². The standard InChI is InChI=1S/C15H10ClN5/c16-14-11(7-17)4-5-19-15(14)21-9-12(8-20-21)10-2-1-3-13(18)6-10/h1-6,8-9H,18H2. The van der Waals surface area contributed by atoms with E-state index in [1.165, 1.54) is 6.20 Å². The van der Waals surface area contributed by atoms with E-state index in [9.17, 15) is 0 Å². The molecule has 3 rings (SSSR count). The summed E-state index contributed by atoms with van der Waals surface area (Å²) in [6.07, 6.45) is 5.03. The van der Waals surface area contributed by atoms with Gasteiger partial charge in [-0.1, -0.05) is 23.7 Å². The molecule has 102 valence electrons. The number of halogens is 1. The number of hydrogen-bond acceptors (Lipinski definition) is 4. The fourth-order valence-electron chi connectivity index (χ4n) is 1.98. The molecule has 0 radical (unpaired) electrons. The van der Waals surface area contributed by atoms with Crippen LogP contribution in [0.4, 0.5) is 5.69 Å². The zero-order valence-corrected chi connectivity index (χ0v) is 11.6. The Labute approximate surface area is 126 Å². The summed E-state index contributed by atoms with van der Waals surface area (Å²) in [4.78, 5) is 4.17. The van der Waals surface area contributed by atoms with Crippen molar-refractivity contribution in [2.45, 2.75) is 0 Å². The van der Waals surface area contributed by atoms with Gasteiger partial charge in [0.15, 0.2) is 5.82 Å². The van der Waals surface area contributed by atoms with E-state index in [-0.39, 0.29) is 5.02 Å². The SMILES string of the molecule is N#Cc1ccnc(-n2cc(-c3cccc(N)c3)cn2)c1Cl. The molecule has 6 heteroatoms. The van der Waals surface area contributed by atoms with Crippen LogP contribution < -0.4 is 5.73 Å². The average Bonchev–Trinajstić information content (AvgIpc) is 2.97. The number of hydrogen-bond donors (Lipinski definition) is 1. The third-order valence-electron chi connectivity index (χ3n) is 3.01. The molecule has 0 saturated carbocycles. The summed E-state index contributed by atoms with van der Waals surface area (Å²) in [7, 11) is 0. The first-order chi connectivity index (χ1) is 10.2. The van der Waals surface area contributed by atoms with Gasteiger partial charge in [-0.2, -0.15) is 10.4 Å². The molecule has 2 aromatic heterocycles. The maximum Gasteiger partial charge on any atom is 0.173 e. The maximum absolute atomic E-state index is 9.00. The van der Waals surface area contributed by atoms with Crippen molar-refractivity contribution in [3.63, 3.8) is 0 Å². The Balaban J connectivity index is 2.05. The molecule has 0 saturated heterocycles. The van der Waals surface area contributed by atoms with E-state index in [4.69, 9.17) is 22.6 Å². The fourth-order valence-corrected chi connectivity index (χ4v) is 2.23. The summed E-state index contributed by atoms with van der Waals surface area (Å²) in [6.45, 7) is 0. The van der Waals surface area contributed by atoms with Gasteiger partial charge in [-0.05, 0) is 23.8 Å². The first-order valence-corrected chi connectivity index (χ1v) is 6.52. The summed E-state index contributed by atoms with van der Waals surface area (Å²) in [5.74, 6) is 0.422. The van der Waals surface area contributed by atoms with Crippen LogP contribution in [0, 0.1) is 11.3 Å². The summed E-state index contributed by atoms with van der Waals surface area (Å²) in [6, 6.07) is 11.1. The second kappa shape index (κ2) is 5.27. The van der Waals surface area contributed by atoms with Crippen LogP contribution in [-0.2, 0) is 0 Å². The fraction of sp³-hybridized carbons (Fsp3) is 0. The van der Waals surface area contributed by atoms with Crippen LogP contribution in [0.15, 0.2) is 48.9 Å². The predicted molar refractivity (Wildman–Crippen MR) is 80.9 cm³/mol. The van der Waals surface area contributed by atoms with Crippen molar-refractivity contribution in [1.29, 1.82) is 5.26 Å². The average molecular weight is 296 g/mol. The molecule has 0 aliphatic rings. The van der Waals surface area contributed by atoms with Crippen molar-refractivity contribution < 1.29 is 0 Å². The van der Waals surface area contributed by atoms with Crippen molar-refractivity contribution in [3.05, 3.63) is 59.5 Å². The first kappa shape index (κ1) is 13.2. The number of anilines is 1. The lowest BCUT2D eigenvalue weighted by Gasteiger charge is -2.03. The molecule has 0 amide bonds. The molecule has 1 aromatic carbocycles. The molecule has 0 bridgehead atoms. The van der Waals surface area contributed by atoms with E-state index >= 15 is 0 Å². The molecule has 0 fully saturated rings. The number of pyridine rings is 1. The van der Waals surface area contributed by atoms with Crippen LogP contribution >= 0.6 is 11.6 Å². The van der Waals surface area contributed by atoms with Gasteiger partial charge in [0.25, 0.3) is 0 Å².